The topological polar surface area (TPSA) is 22.3 Å². The molecule has 256 valence electrons. The Morgan fingerprint density at radius 2 is 1.02 bits per heavy atom. The number of rotatable bonds is 6. The molecule has 3 nitrogen and oxygen atoms in total. The molecule has 1 aromatic heterocycles. The van der Waals surface area contributed by atoms with Crippen LogP contribution in [0.15, 0.2) is 164 Å². The lowest BCUT2D eigenvalue weighted by molar-refractivity contribution is 0.350. The highest BCUT2D eigenvalue weighted by atomic mass is 15.2. The van der Waals surface area contributed by atoms with Crippen LogP contribution in [0.5, 0.6) is 0 Å². The Bertz CT molecular complexity index is 2630. The van der Waals surface area contributed by atoms with E-state index in [0.29, 0.717) is 11.8 Å². The van der Waals surface area contributed by atoms with Crippen molar-refractivity contribution in [2.75, 3.05) is 9.80 Å². The summed E-state index contributed by atoms with van der Waals surface area (Å²) in [5, 5.41) is 2.53. The molecule has 53 heavy (non-hydrogen) atoms. The fraction of sp³-hybridized carbons (Fsp3) is 0.160. The van der Waals surface area contributed by atoms with Gasteiger partial charge in [0.15, 0.2) is 0 Å². The largest absolute Gasteiger partial charge is 0.354 e. The number of benzene rings is 7. The molecule has 7 aromatic carbocycles. The van der Waals surface area contributed by atoms with Crippen molar-refractivity contribution in [3.05, 3.63) is 192 Å². The Morgan fingerprint density at radius 1 is 0.472 bits per heavy atom. The molecule has 3 aliphatic rings. The van der Waals surface area contributed by atoms with Crippen molar-refractivity contribution < 1.29 is 0 Å². The summed E-state index contributed by atoms with van der Waals surface area (Å²) in [6.45, 7) is 2.26. The molecule has 8 aromatic rings. The summed E-state index contributed by atoms with van der Waals surface area (Å²) in [5.74, 6) is 1.10. The van der Waals surface area contributed by atoms with E-state index in [9.17, 15) is 0 Å². The summed E-state index contributed by atoms with van der Waals surface area (Å²) in [7, 11) is 0. The summed E-state index contributed by atoms with van der Waals surface area (Å²) in [5.41, 5.74) is 17.1. The number of hydrogen-bond acceptors (Lipinski definition) is 2. The Labute approximate surface area is 311 Å². The predicted octanol–water partition coefficient (Wildman–Crippen LogP) is 13.0. The van der Waals surface area contributed by atoms with Crippen molar-refractivity contribution in [2.45, 2.75) is 38.0 Å². The molecule has 11 rings (SSSR count). The fourth-order valence-corrected chi connectivity index (χ4v) is 10.8. The first-order valence-corrected chi connectivity index (χ1v) is 19.2. The van der Waals surface area contributed by atoms with E-state index >= 15 is 0 Å². The van der Waals surface area contributed by atoms with Gasteiger partial charge in [-0.15, -0.1) is 0 Å². The third-order valence-electron chi connectivity index (χ3n) is 12.8. The highest BCUT2D eigenvalue weighted by Crippen LogP contribution is 2.68. The van der Waals surface area contributed by atoms with E-state index in [2.05, 4.69) is 185 Å². The number of nitrogens with zero attached hydrogens (tertiary/aromatic N) is 2. The second-order valence-electron chi connectivity index (χ2n) is 15.4. The number of anilines is 6. The highest BCUT2D eigenvalue weighted by Gasteiger charge is 2.62. The Morgan fingerprint density at radius 3 is 1.68 bits per heavy atom. The number of H-pyrrole nitrogens is 1. The molecule has 0 aliphatic heterocycles. The predicted molar refractivity (Wildman–Crippen MR) is 221 cm³/mol. The quantitative estimate of drug-likeness (QED) is 0.188. The van der Waals surface area contributed by atoms with Gasteiger partial charge in [0.1, 0.15) is 0 Å². The summed E-state index contributed by atoms with van der Waals surface area (Å²) in [6, 6.07) is 60.9. The SMILES string of the molecule is Cc1ccccc1N(c1ccc2c(c1)[nH]c1ccccc12)c1cccc2c1C13c4c(cccc4N(c4ccccc4)c4ccccc4)CC1CCC3C2. The molecule has 0 amide bonds. The molecule has 1 spiro atoms. The van der Waals surface area contributed by atoms with Gasteiger partial charge in [0, 0.05) is 50.0 Å². The molecule has 3 atom stereocenters. The van der Waals surface area contributed by atoms with Crippen LogP contribution >= 0.6 is 0 Å². The van der Waals surface area contributed by atoms with Crippen LogP contribution in [0.25, 0.3) is 21.8 Å². The van der Waals surface area contributed by atoms with Gasteiger partial charge >= 0.3 is 0 Å². The summed E-state index contributed by atoms with van der Waals surface area (Å²) in [6.07, 6.45) is 4.76. The van der Waals surface area contributed by atoms with Crippen molar-refractivity contribution >= 4 is 55.9 Å². The van der Waals surface area contributed by atoms with Gasteiger partial charge in [-0.1, -0.05) is 103 Å². The molecular formula is C50H41N3. The number of fused-ring (bicyclic) bond motifs is 5. The first kappa shape index (κ1) is 30.6. The lowest BCUT2D eigenvalue weighted by atomic mass is 9.68. The number of hydrogen-bond donors (Lipinski definition) is 1. The average molecular weight is 684 g/mol. The van der Waals surface area contributed by atoms with Crippen LogP contribution in [-0.2, 0) is 18.3 Å². The first-order valence-electron chi connectivity index (χ1n) is 19.2. The van der Waals surface area contributed by atoms with Crippen molar-refractivity contribution in [3.8, 4) is 0 Å². The molecule has 1 N–H and O–H groups in total. The minimum atomic E-state index is -0.0915. The number of nitrogens with one attached hydrogen (secondary N) is 1. The Hall–Kier alpha value is -6.06. The molecule has 1 saturated carbocycles. The van der Waals surface area contributed by atoms with Crippen LogP contribution in [0.1, 0.15) is 40.7 Å². The molecular weight excluding hydrogens is 643 g/mol. The zero-order chi connectivity index (χ0) is 35.1. The molecule has 0 bridgehead atoms. The fourth-order valence-electron chi connectivity index (χ4n) is 10.8. The highest BCUT2D eigenvalue weighted by molar-refractivity contribution is 6.08. The molecule has 0 radical (unpaired) electrons. The third-order valence-corrected chi connectivity index (χ3v) is 12.8. The van der Waals surface area contributed by atoms with Crippen LogP contribution in [-0.4, -0.2) is 4.98 Å². The molecule has 0 saturated heterocycles. The molecule has 1 fully saturated rings. The first-order chi connectivity index (χ1) is 26.2. The number of aromatic nitrogens is 1. The standard InChI is InChI=1S/C50H41N3/c1-33-14-8-11-23-45(33)53(40-28-29-42-41-21-9-10-22-43(41)51-44(42)32-40)47-25-13-16-35-31-37-27-26-36-30-34-15-12-24-46(48(34)50(36,37)49(35)47)52(38-17-4-2-5-18-38)39-19-6-3-7-20-39/h2-25,28-29,32,36-37,51H,26-27,30-31H2,1H3. The summed E-state index contributed by atoms with van der Waals surface area (Å²) in [4.78, 5) is 8.85. The van der Waals surface area contributed by atoms with E-state index < -0.39 is 0 Å². The second-order valence-corrected chi connectivity index (χ2v) is 15.4. The van der Waals surface area contributed by atoms with Crippen LogP contribution in [0.3, 0.4) is 0 Å². The van der Waals surface area contributed by atoms with Gasteiger partial charge in [0.25, 0.3) is 0 Å². The molecule has 3 unspecified atom stereocenters. The average Bonchev–Trinajstić information content (AvgIpc) is 3.93. The van der Waals surface area contributed by atoms with Crippen molar-refractivity contribution in [2.24, 2.45) is 11.8 Å². The van der Waals surface area contributed by atoms with Crippen molar-refractivity contribution in [3.63, 3.8) is 0 Å². The van der Waals surface area contributed by atoms with Crippen LogP contribution in [0, 0.1) is 18.8 Å². The van der Waals surface area contributed by atoms with Gasteiger partial charge in [-0.25, -0.2) is 0 Å². The summed E-state index contributed by atoms with van der Waals surface area (Å²) < 4.78 is 0. The number of aromatic amines is 1. The molecule has 1 heterocycles. The van der Waals surface area contributed by atoms with Gasteiger partial charge in [-0.3, -0.25) is 0 Å². The van der Waals surface area contributed by atoms with Gasteiger partial charge in [0.2, 0.25) is 0 Å². The molecule has 3 heteroatoms. The van der Waals surface area contributed by atoms with E-state index in [1.54, 1.807) is 11.1 Å². The lowest BCUT2D eigenvalue weighted by Gasteiger charge is -2.40. The normalized spacial score (nSPS) is 19.6. The zero-order valence-electron chi connectivity index (χ0n) is 30.0. The van der Waals surface area contributed by atoms with Crippen LogP contribution in [0.2, 0.25) is 0 Å². The Kier molecular flexibility index (Phi) is 6.76. The molecule has 3 aliphatic carbocycles. The maximum atomic E-state index is 3.75. The van der Waals surface area contributed by atoms with E-state index in [1.807, 2.05) is 0 Å². The van der Waals surface area contributed by atoms with Crippen LogP contribution < -0.4 is 9.80 Å². The maximum absolute atomic E-state index is 3.75. The Balaban J connectivity index is 1.18. The minimum absolute atomic E-state index is 0.0915. The number of para-hydroxylation sites is 4. The number of aryl methyl sites for hydroxylation is 1. The van der Waals surface area contributed by atoms with Gasteiger partial charge in [-0.2, -0.15) is 0 Å². The smallest absolute Gasteiger partial charge is 0.0505 e. The van der Waals surface area contributed by atoms with Crippen LogP contribution in [0.4, 0.5) is 34.1 Å². The van der Waals surface area contributed by atoms with Crippen molar-refractivity contribution in [1.29, 1.82) is 0 Å². The van der Waals surface area contributed by atoms with Gasteiger partial charge in [-0.05, 0) is 133 Å². The summed E-state index contributed by atoms with van der Waals surface area (Å²) >= 11 is 0. The van der Waals surface area contributed by atoms with E-state index in [1.165, 1.54) is 85.5 Å². The van der Waals surface area contributed by atoms with E-state index in [4.69, 9.17) is 0 Å². The zero-order valence-corrected chi connectivity index (χ0v) is 30.0. The van der Waals surface area contributed by atoms with Gasteiger partial charge < -0.3 is 14.8 Å². The maximum Gasteiger partial charge on any atom is 0.0505 e. The monoisotopic (exact) mass is 683 g/mol. The second kappa shape index (κ2) is 11.7. The third kappa shape index (κ3) is 4.40. The lowest BCUT2D eigenvalue weighted by Crippen LogP contribution is -2.34. The van der Waals surface area contributed by atoms with E-state index in [-0.39, 0.29) is 5.41 Å². The van der Waals surface area contributed by atoms with E-state index in [0.717, 1.165) is 12.8 Å². The van der Waals surface area contributed by atoms with Gasteiger partial charge in [0.05, 0.1) is 11.4 Å². The van der Waals surface area contributed by atoms with Crippen molar-refractivity contribution in [1.82, 2.24) is 4.98 Å². The minimum Gasteiger partial charge on any atom is -0.354 e.